The topological polar surface area (TPSA) is 50.8 Å². The Balaban J connectivity index is 2.05. The van der Waals surface area contributed by atoms with Crippen LogP contribution in [-0.4, -0.2) is 57.5 Å². The van der Waals surface area contributed by atoms with E-state index in [0.29, 0.717) is 19.9 Å². The number of nitrogens with one attached hydrogen (secondary N) is 1. The maximum Gasteiger partial charge on any atom is 0.236 e. The largest absolute Gasteiger partial charge is 0.355 e. The molecule has 1 heterocycles. The van der Waals surface area contributed by atoms with Gasteiger partial charge in [-0.25, -0.2) is 0 Å². The van der Waals surface area contributed by atoms with Gasteiger partial charge < -0.3 is 19.7 Å². The number of carbonyl (C=O) groups excluding carboxylic acids is 1. The average Bonchev–Trinajstić information content (AvgIpc) is 2.19. The average molecular weight is 202 g/mol. The molecule has 1 atom stereocenters. The molecule has 1 saturated heterocycles. The van der Waals surface area contributed by atoms with E-state index in [1.807, 2.05) is 0 Å². The minimum absolute atomic E-state index is 0.0806. The summed E-state index contributed by atoms with van der Waals surface area (Å²) in [6.45, 7) is 2.19. The Bertz CT molecular complexity index is 179. The van der Waals surface area contributed by atoms with Gasteiger partial charge in [0.15, 0.2) is 0 Å². The molecule has 0 aliphatic carbocycles. The van der Waals surface area contributed by atoms with Crippen LogP contribution in [0.2, 0.25) is 0 Å². The molecule has 14 heavy (non-hydrogen) atoms. The highest BCUT2D eigenvalue weighted by Crippen LogP contribution is 2.03. The first-order chi connectivity index (χ1) is 6.70. The molecule has 1 amide bonds. The smallest absolute Gasteiger partial charge is 0.236 e. The van der Waals surface area contributed by atoms with Gasteiger partial charge in [0.1, 0.15) is 6.79 Å². The van der Waals surface area contributed by atoms with Gasteiger partial charge >= 0.3 is 0 Å². The SMILES string of the molecule is CN(C)C(=O)CNCC1CCOCO1. The van der Waals surface area contributed by atoms with Crippen molar-refractivity contribution in [2.24, 2.45) is 0 Å². The first kappa shape index (κ1) is 11.4. The van der Waals surface area contributed by atoms with E-state index < -0.39 is 0 Å². The lowest BCUT2D eigenvalue weighted by Crippen LogP contribution is -2.39. The minimum Gasteiger partial charge on any atom is -0.355 e. The lowest BCUT2D eigenvalue weighted by atomic mass is 10.2. The van der Waals surface area contributed by atoms with Crippen LogP contribution < -0.4 is 5.32 Å². The first-order valence-corrected chi connectivity index (χ1v) is 4.80. The number of amides is 1. The lowest BCUT2D eigenvalue weighted by Gasteiger charge is -2.23. The molecule has 0 radical (unpaired) electrons. The molecule has 0 aromatic rings. The predicted octanol–water partition coefficient (Wildman–Crippen LogP) is -0.573. The van der Waals surface area contributed by atoms with Crippen molar-refractivity contribution >= 4 is 5.91 Å². The van der Waals surface area contributed by atoms with Gasteiger partial charge in [0.2, 0.25) is 5.91 Å². The van der Waals surface area contributed by atoms with E-state index in [1.165, 1.54) is 0 Å². The third-order valence-electron chi connectivity index (χ3n) is 2.12. The summed E-state index contributed by atoms with van der Waals surface area (Å²) in [6, 6.07) is 0. The summed E-state index contributed by atoms with van der Waals surface area (Å²) in [5.41, 5.74) is 0. The number of hydrogen-bond acceptors (Lipinski definition) is 4. The molecule has 1 aliphatic heterocycles. The number of ether oxygens (including phenoxy) is 2. The maximum atomic E-state index is 11.2. The Morgan fingerprint density at radius 1 is 1.57 bits per heavy atom. The predicted molar refractivity (Wildman–Crippen MR) is 51.9 cm³/mol. The molecule has 0 aromatic carbocycles. The highest BCUT2D eigenvalue weighted by Gasteiger charge is 2.14. The number of likely N-dealkylation sites (N-methyl/N-ethyl adjacent to an activating group) is 1. The second kappa shape index (κ2) is 5.95. The van der Waals surface area contributed by atoms with Crippen molar-refractivity contribution in [1.29, 1.82) is 0 Å². The van der Waals surface area contributed by atoms with Crippen LogP contribution in [0.25, 0.3) is 0 Å². The molecule has 0 saturated carbocycles. The standard InChI is InChI=1S/C9H18N2O3/c1-11(2)9(12)6-10-5-8-3-4-13-7-14-8/h8,10H,3-7H2,1-2H3. The van der Waals surface area contributed by atoms with E-state index in [0.717, 1.165) is 13.0 Å². The molecule has 5 nitrogen and oxygen atoms in total. The van der Waals surface area contributed by atoms with Crippen molar-refractivity contribution in [3.8, 4) is 0 Å². The Morgan fingerprint density at radius 2 is 2.36 bits per heavy atom. The highest BCUT2D eigenvalue weighted by molar-refractivity contribution is 5.77. The maximum absolute atomic E-state index is 11.2. The summed E-state index contributed by atoms with van der Waals surface area (Å²) < 4.78 is 10.4. The molecule has 1 N–H and O–H groups in total. The van der Waals surface area contributed by atoms with Gasteiger partial charge in [0, 0.05) is 20.6 Å². The van der Waals surface area contributed by atoms with Gasteiger partial charge in [-0.3, -0.25) is 4.79 Å². The molecule has 82 valence electrons. The third-order valence-corrected chi connectivity index (χ3v) is 2.12. The Hall–Kier alpha value is -0.650. The van der Waals surface area contributed by atoms with Crippen molar-refractivity contribution in [2.45, 2.75) is 12.5 Å². The zero-order chi connectivity index (χ0) is 10.4. The minimum atomic E-state index is 0.0806. The second-order valence-electron chi connectivity index (χ2n) is 3.52. The van der Waals surface area contributed by atoms with Crippen molar-refractivity contribution in [3.63, 3.8) is 0 Å². The summed E-state index contributed by atoms with van der Waals surface area (Å²) in [7, 11) is 3.49. The molecular formula is C9H18N2O3. The normalized spacial score (nSPS) is 22.0. The first-order valence-electron chi connectivity index (χ1n) is 4.80. The fraction of sp³-hybridized carbons (Fsp3) is 0.889. The van der Waals surface area contributed by atoms with Crippen molar-refractivity contribution < 1.29 is 14.3 Å². The molecule has 1 aliphatic rings. The van der Waals surface area contributed by atoms with Crippen LogP contribution in [0.4, 0.5) is 0 Å². The van der Waals surface area contributed by atoms with Gasteiger partial charge in [-0.1, -0.05) is 0 Å². The molecule has 1 fully saturated rings. The number of rotatable bonds is 4. The van der Waals surface area contributed by atoms with E-state index in [9.17, 15) is 4.79 Å². The summed E-state index contributed by atoms with van der Waals surface area (Å²) >= 11 is 0. The molecule has 0 bridgehead atoms. The number of nitrogens with zero attached hydrogens (tertiary/aromatic N) is 1. The number of carbonyl (C=O) groups is 1. The highest BCUT2D eigenvalue weighted by atomic mass is 16.7. The van der Waals surface area contributed by atoms with Crippen LogP contribution in [-0.2, 0) is 14.3 Å². The second-order valence-corrected chi connectivity index (χ2v) is 3.52. The quantitative estimate of drug-likeness (QED) is 0.663. The van der Waals surface area contributed by atoms with E-state index in [-0.39, 0.29) is 12.0 Å². The monoisotopic (exact) mass is 202 g/mol. The van der Waals surface area contributed by atoms with E-state index in [1.54, 1.807) is 19.0 Å². The van der Waals surface area contributed by atoms with Gasteiger partial charge in [0.05, 0.1) is 19.3 Å². The van der Waals surface area contributed by atoms with Crippen LogP contribution in [0.15, 0.2) is 0 Å². The molecule has 0 spiro atoms. The van der Waals surface area contributed by atoms with Crippen LogP contribution in [0, 0.1) is 0 Å². The summed E-state index contributed by atoms with van der Waals surface area (Å²) in [5, 5.41) is 3.06. The lowest BCUT2D eigenvalue weighted by molar-refractivity contribution is -0.138. The third kappa shape index (κ3) is 4.04. The molecule has 0 aromatic heterocycles. The molecule has 1 unspecified atom stereocenters. The summed E-state index contributed by atoms with van der Waals surface area (Å²) in [4.78, 5) is 12.7. The van der Waals surface area contributed by atoms with E-state index in [4.69, 9.17) is 9.47 Å². The fourth-order valence-electron chi connectivity index (χ4n) is 1.16. The van der Waals surface area contributed by atoms with Gasteiger partial charge in [-0.15, -0.1) is 0 Å². The summed E-state index contributed by atoms with van der Waals surface area (Å²) in [6.07, 6.45) is 1.07. The van der Waals surface area contributed by atoms with Gasteiger partial charge in [-0.2, -0.15) is 0 Å². The number of hydrogen-bond donors (Lipinski definition) is 1. The van der Waals surface area contributed by atoms with Crippen LogP contribution in [0.5, 0.6) is 0 Å². The fourth-order valence-corrected chi connectivity index (χ4v) is 1.16. The zero-order valence-corrected chi connectivity index (χ0v) is 8.78. The molecule has 5 heteroatoms. The Morgan fingerprint density at radius 3 is 2.93 bits per heavy atom. The van der Waals surface area contributed by atoms with Gasteiger partial charge in [0.25, 0.3) is 0 Å². The van der Waals surface area contributed by atoms with E-state index in [2.05, 4.69) is 5.32 Å². The Kier molecular flexibility index (Phi) is 4.86. The van der Waals surface area contributed by atoms with Crippen LogP contribution >= 0.6 is 0 Å². The Labute approximate surface area is 84.4 Å². The summed E-state index contributed by atoms with van der Waals surface area (Å²) in [5.74, 6) is 0.0806. The molecular weight excluding hydrogens is 184 g/mol. The van der Waals surface area contributed by atoms with Crippen molar-refractivity contribution in [2.75, 3.05) is 40.6 Å². The van der Waals surface area contributed by atoms with Gasteiger partial charge in [-0.05, 0) is 6.42 Å². The van der Waals surface area contributed by atoms with Crippen molar-refractivity contribution in [1.82, 2.24) is 10.2 Å². The van der Waals surface area contributed by atoms with Crippen LogP contribution in [0.1, 0.15) is 6.42 Å². The zero-order valence-electron chi connectivity index (χ0n) is 8.78. The van der Waals surface area contributed by atoms with Crippen molar-refractivity contribution in [3.05, 3.63) is 0 Å². The van der Waals surface area contributed by atoms with E-state index >= 15 is 0 Å². The molecule has 1 rings (SSSR count). The van der Waals surface area contributed by atoms with Crippen LogP contribution in [0.3, 0.4) is 0 Å².